The van der Waals surface area contributed by atoms with Gasteiger partial charge in [-0.05, 0) is 22.3 Å². The van der Waals surface area contributed by atoms with E-state index in [1.54, 1.807) is 0 Å². The summed E-state index contributed by atoms with van der Waals surface area (Å²) in [5.74, 6) is 0. The zero-order valence-corrected chi connectivity index (χ0v) is 13.7. The number of nitrogens with zero attached hydrogens (tertiary/aromatic N) is 2. The molecule has 2 heterocycles. The van der Waals surface area contributed by atoms with Gasteiger partial charge in [0.25, 0.3) is 0 Å². The van der Waals surface area contributed by atoms with Gasteiger partial charge >= 0.3 is 0 Å². The van der Waals surface area contributed by atoms with Crippen molar-refractivity contribution in [2.75, 3.05) is 0 Å². The number of benzene rings is 2. The van der Waals surface area contributed by atoms with Gasteiger partial charge < -0.3 is 4.74 Å². The molecule has 0 spiro atoms. The van der Waals surface area contributed by atoms with Crippen molar-refractivity contribution in [2.24, 2.45) is 0 Å². The van der Waals surface area contributed by atoms with E-state index < -0.39 is 0 Å². The van der Waals surface area contributed by atoms with Crippen molar-refractivity contribution in [3.05, 3.63) is 76.5 Å². The summed E-state index contributed by atoms with van der Waals surface area (Å²) in [4.78, 5) is 5.06. The summed E-state index contributed by atoms with van der Waals surface area (Å²) >= 11 is 0. The highest BCUT2D eigenvalue weighted by Crippen LogP contribution is 2.44. The molecule has 25 heavy (non-hydrogen) atoms. The number of hydrogen-bond acceptors (Lipinski definition) is 3. The smallest absolute Gasteiger partial charge is 0.0767 e. The molecule has 0 amide bonds. The molecule has 3 heteroatoms. The second-order valence-corrected chi connectivity index (χ2v) is 6.56. The van der Waals surface area contributed by atoms with Gasteiger partial charge in [0.2, 0.25) is 0 Å². The summed E-state index contributed by atoms with van der Waals surface area (Å²) in [6.07, 6.45) is 1.26. The minimum Gasteiger partial charge on any atom is -0.372 e. The third-order valence-electron chi connectivity index (χ3n) is 5.17. The van der Waals surface area contributed by atoms with Crippen molar-refractivity contribution in [3.8, 4) is 28.5 Å². The first kappa shape index (κ1) is 14.4. The van der Waals surface area contributed by atoms with Gasteiger partial charge in [0.15, 0.2) is 0 Å². The van der Waals surface area contributed by atoms with E-state index in [1.807, 2.05) is 18.2 Å². The van der Waals surface area contributed by atoms with Gasteiger partial charge in [-0.15, -0.1) is 0 Å². The molecule has 120 valence electrons. The molecule has 1 aliphatic heterocycles. The Balaban J connectivity index is 1.77. The van der Waals surface area contributed by atoms with Crippen LogP contribution in [0.4, 0.5) is 0 Å². The minimum absolute atomic E-state index is 0.394. The largest absolute Gasteiger partial charge is 0.372 e. The maximum absolute atomic E-state index is 9.16. The maximum Gasteiger partial charge on any atom is 0.0767 e. The molecule has 5 rings (SSSR count). The number of ether oxygens (including phenoxy) is 1. The molecule has 1 aliphatic carbocycles. The second kappa shape index (κ2) is 5.54. The van der Waals surface area contributed by atoms with Crippen LogP contribution in [0.2, 0.25) is 0 Å². The van der Waals surface area contributed by atoms with E-state index in [2.05, 4.69) is 36.4 Å². The molecular formula is C22H16N2O. The predicted molar refractivity (Wildman–Crippen MR) is 95.7 cm³/mol. The maximum atomic E-state index is 9.16. The van der Waals surface area contributed by atoms with Gasteiger partial charge in [-0.1, -0.05) is 48.5 Å². The molecule has 2 aliphatic rings. The fraction of sp³-hybridized carbons (Fsp3) is 0.182. The van der Waals surface area contributed by atoms with Crippen LogP contribution in [0.3, 0.4) is 0 Å². The lowest BCUT2D eigenvalue weighted by Gasteiger charge is -2.14. The van der Waals surface area contributed by atoms with Crippen LogP contribution in [-0.4, -0.2) is 4.98 Å². The van der Waals surface area contributed by atoms with Crippen molar-refractivity contribution in [3.63, 3.8) is 0 Å². The van der Waals surface area contributed by atoms with E-state index in [4.69, 9.17) is 15.0 Å². The lowest BCUT2D eigenvalue weighted by molar-refractivity contribution is 0.135. The van der Waals surface area contributed by atoms with E-state index in [9.17, 15) is 0 Å². The fourth-order valence-corrected chi connectivity index (χ4v) is 4.05. The van der Waals surface area contributed by atoms with E-state index >= 15 is 0 Å². The Bertz CT molecular complexity index is 1050. The number of hydrogen-bond donors (Lipinski definition) is 0. The normalized spacial score (nSPS) is 13.9. The second-order valence-electron chi connectivity index (χ2n) is 6.56. The van der Waals surface area contributed by atoms with Crippen LogP contribution < -0.4 is 0 Å². The van der Waals surface area contributed by atoms with E-state index in [1.165, 1.54) is 27.8 Å². The molecule has 0 saturated carbocycles. The molecule has 3 nitrogen and oxygen atoms in total. The third kappa shape index (κ3) is 2.12. The number of pyridine rings is 1. The van der Waals surface area contributed by atoms with Crippen molar-refractivity contribution < 1.29 is 4.74 Å². The summed E-state index contributed by atoms with van der Waals surface area (Å²) in [5, 5.41) is 9.16. The molecule has 1 aromatic heterocycles. The molecule has 0 radical (unpaired) electrons. The molecule has 2 aromatic carbocycles. The molecule has 3 aromatic rings. The van der Waals surface area contributed by atoms with E-state index in [-0.39, 0.29) is 0 Å². The standard InChI is InChI=1S/C22H16N2O/c23-10-9-14-5-1-4-8-17(14)22-19-13-25-12-18(19)21-16-7-3-2-6-15(16)11-20(21)24-22/h1-8H,9,11-13H2. The number of nitriles is 1. The van der Waals surface area contributed by atoms with E-state index in [0.717, 1.165) is 28.9 Å². The summed E-state index contributed by atoms with van der Waals surface area (Å²) in [5.41, 5.74) is 10.6. The minimum atomic E-state index is 0.394. The Kier molecular flexibility index (Phi) is 3.19. The Morgan fingerprint density at radius 3 is 2.60 bits per heavy atom. The predicted octanol–water partition coefficient (Wildman–Crippen LogP) is 4.42. The first-order chi connectivity index (χ1) is 12.4. The van der Waals surface area contributed by atoms with Gasteiger partial charge in [-0.2, -0.15) is 5.26 Å². The van der Waals surface area contributed by atoms with Crippen LogP contribution in [0.25, 0.3) is 22.4 Å². The summed E-state index contributed by atoms with van der Waals surface area (Å²) in [6.45, 7) is 1.23. The SMILES string of the molecule is N#CCc1ccccc1-c1nc2c(c3c1COC3)-c1ccccc1C2. The molecule has 0 atom stereocenters. The first-order valence-corrected chi connectivity index (χ1v) is 8.52. The van der Waals surface area contributed by atoms with Crippen molar-refractivity contribution >= 4 is 0 Å². The number of fused-ring (bicyclic) bond motifs is 5. The lowest BCUT2D eigenvalue weighted by atomic mass is 9.93. The highest BCUT2D eigenvalue weighted by atomic mass is 16.5. The summed E-state index contributed by atoms with van der Waals surface area (Å²) in [6, 6.07) is 18.9. The molecule has 0 bridgehead atoms. The molecule has 0 N–H and O–H groups in total. The Hall–Kier alpha value is -2.96. The average molecular weight is 324 g/mol. The van der Waals surface area contributed by atoms with Crippen molar-refractivity contribution in [2.45, 2.75) is 26.1 Å². The zero-order valence-electron chi connectivity index (χ0n) is 13.7. The molecule has 0 unspecified atom stereocenters. The number of aromatic nitrogens is 1. The fourth-order valence-electron chi connectivity index (χ4n) is 4.05. The summed E-state index contributed by atoms with van der Waals surface area (Å²) in [7, 11) is 0. The van der Waals surface area contributed by atoms with Crippen LogP contribution in [0, 0.1) is 11.3 Å². The Labute approximate surface area is 146 Å². The Morgan fingerprint density at radius 2 is 1.72 bits per heavy atom. The summed E-state index contributed by atoms with van der Waals surface area (Å²) < 4.78 is 5.81. The highest BCUT2D eigenvalue weighted by molar-refractivity contribution is 5.83. The third-order valence-corrected chi connectivity index (χ3v) is 5.17. The van der Waals surface area contributed by atoms with Gasteiger partial charge in [0, 0.05) is 23.1 Å². The Morgan fingerprint density at radius 1 is 0.960 bits per heavy atom. The number of rotatable bonds is 2. The average Bonchev–Trinajstić information content (AvgIpc) is 3.25. The van der Waals surface area contributed by atoms with Crippen LogP contribution in [0.5, 0.6) is 0 Å². The molecule has 0 saturated heterocycles. The van der Waals surface area contributed by atoms with Gasteiger partial charge in [-0.25, -0.2) is 0 Å². The topological polar surface area (TPSA) is 45.9 Å². The van der Waals surface area contributed by atoms with E-state index in [0.29, 0.717) is 19.6 Å². The van der Waals surface area contributed by atoms with Gasteiger partial charge in [0.1, 0.15) is 0 Å². The van der Waals surface area contributed by atoms with Crippen LogP contribution in [0.1, 0.15) is 27.9 Å². The van der Waals surface area contributed by atoms with Gasteiger partial charge in [0.05, 0.1) is 37.1 Å². The quantitative estimate of drug-likeness (QED) is 0.548. The molecule has 0 fully saturated rings. The monoisotopic (exact) mass is 324 g/mol. The zero-order chi connectivity index (χ0) is 16.8. The van der Waals surface area contributed by atoms with Crippen LogP contribution in [0.15, 0.2) is 48.5 Å². The lowest BCUT2D eigenvalue weighted by Crippen LogP contribution is -2.01. The van der Waals surface area contributed by atoms with Crippen molar-refractivity contribution in [1.82, 2.24) is 4.98 Å². The van der Waals surface area contributed by atoms with Crippen molar-refractivity contribution in [1.29, 1.82) is 5.26 Å². The molecular weight excluding hydrogens is 308 g/mol. The van der Waals surface area contributed by atoms with Crippen LogP contribution >= 0.6 is 0 Å². The highest BCUT2D eigenvalue weighted by Gasteiger charge is 2.30. The first-order valence-electron chi connectivity index (χ1n) is 8.52. The van der Waals surface area contributed by atoms with Crippen LogP contribution in [-0.2, 0) is 30.8 Å². The van der Waals surface area contributed by atoms with Gasteiger partial charge in [-0.3, -0.25) is 4.98 Å².